The quantitative estimate of drug-likeness (QED) is 0.697. The van der Waals surface area contributed by atoms with Crippen molar-refractivity contribution in [2.45, 2.75) is 6.92 Å². The van der Waals surface area contributed by atoms with E-state index in [2.05, 4.69) is 6.58 Å². The van der Waals surface area contributed by atoms with E-state index in [0.29, 0.717) is 11.6 Å². The van der Waals surface area contributed by atoms with Crippen molar-refractivity contribution in [3.8, 4) is 5.75 Å². The Morgan fingerprint density at radius 3 is 2.92 bits per heavy atom. The lowest BCUT2D eigenvalue weighted by atomic mass is 10.2. The third-order valence-electron chi connectivity index (χ3n) is 1.51. The molecule has 1 nitrogen and oxygen atoms in total. The topological polar surface area (TPSA) is 9.23 Å². The molecular formula is C10H11ClO. The van der Waals surface area contributed by atoms with Crippen molar-refractivity contribution in [3.63, 3.8) is 0 Å². The normalized spacial score (nSPS) is 9.50. The maximum Gasteiger partial charge on any atom is 0.138 e. The van der Waals surface area contributed by atoms with E-state index in [-0.39, 0.29) is 0 Å². The molecule has 0 atom stereocenters. The van der Waals surface area contributed by atoms with Crippen LogP contribution in [0.2, 0.25) is 5.02 Å². The Hall–Kier alpha value is -0.950. The summed E-state index contributed by atoms with van der Waals surface area (Å²) in [7, 11) is 0. The van der Waals surface area contributed by atoms with E-state index in [1.807, 2.05) is 25.1 Å². The number of ether oxygens (including phenoxy) is 1. The Kier molecular flexibility index (Phi) is 3.18. The number of rotatable bonds is 3. The largest absolute Gasteiger partial charge is 0.492 e. The highest BCUT2D eigenvalue weighted by Crippen LogP contribution is 2.28. The van der Waals surface area contributed by atoms with Gasteiger partial charge in [-0.25, -0.2) is 0 Å². The van der Waals surface area contributed by atoms with Gasteiger partial charge in [-0.15, -0.1) is 0 Å². The standard InChI is InChI=1S/C10H11ClO/c1-3-8-6-5-7-9(10(8)11)12-4-2/h3,5-7H,1,4H2,2H3. The summed E-state index contributed by atoms with van der Waals surface area (Å²) in [5, 5.41) is 0.634. The first-order valence-corrected chi connectivity index (χ1v) is 4.21. The molecule has 1 aromatic rings. The van der Waals surface area contributed by atoms with Crippen molar-refractivity contribution in [2.75, 3.05) is 6.61 Å². The van der Waals surface area contributed by atoms with Gasteiger partial charge in [0, 0.05) is 0 Å². The van der Waals surface area contributed by atoms with Crippen molar-refractivity contribution < 1.29 is 4.74 Å². The zero-order valence-electron chi connectivity index (χ0n) is 7.01. The Morgan fingerprint density at radius 2 is 2.33 bits per heavy atom. The van der Waals surface area contributed by atoms with Crippen LogP contribution < -0.4 is 4.74 Å². The summed E-state index contributed by atoms with van der Waals surface area (Å²) in [6.07, 6.45) is 1.71. The Morgan fingerprint density at radius 1 is 1.58 bits per heavy atom. The van der Waals surface area contributed by atoms with E-state index in [9.17, 15) is 0 Å². The molecule has 12 heavy (non-hydrogen) atoms. The first kappa shape index (κ1) is 9.14. The fraction of sp³-hybridized carbons (Fsp3) is 0.200. The number of hydrogen-bond donors (Lipinski definition) is 0. The SMILES string of the molecule is C=Cc1cccc(OCC)c1Cl. The van der Waals surface area contributed by atoms with E-state index >= 15 is 0 Å². The highest BCUT2D eigenvalue weighted by molar-refractivity contribution is 6.33. The number of benzene rings is 1. The molecule has 0 aliphatic rings. The van der Waals surface area contributed by atoms with Gasteiger partial charge in [0.1, 0.15) is 5.75 Å². The number of halogens is 1. The second-order valence-electron chi connectivity index (χ2n) is 2.30. The molecule has 0 fully saturated rings. The van der Waals surface area contributed by atoms with Gasteiger partial charge >= 0.3 is 0 Å². The van der Waals surface area contributed by atoms with Gasteiger partial charge in [-0.1, -0.05) is 36.4 Å². The fourth-order valence-corrected chi connectivity index (χ4v) is 1.21. The fourth-order valence-electron chi connectivity index (χ4n) is 0.952. The molecule has 0 spiro atoms. The minimum atomic E-state index is 0.625. The summed E-state index contributed by atoms with van der Waals surface area (Å²) in [6, 6.07) is 5.64. The number of hydrogen-bond acceptors (Lipinski definition) is 1. The van der Waals surface area contributed by atoms with Crippen molar-refractivity contribution in [2.24, 2.45) is 0 Å². The van der Waals surface area contributed by atoms with Gasteiger partial charge in [0.2, 0.25) is 0 Å². The van der Waals surface area contributed by atoms with E-state index in [1.54, 1.807) is 6.08 Å². The zero-order chi connectivity index (χ0) is 8.97. The molecule has 0 amide bonds. The Balaban J connectivity index is 3.04. The van der Waals surface area contributed by atoms with Gasteiger partial charge in [0.05, 0.1) is 11.6 Å². The lowest BCUT2D eigenvalue weighted by molar-refractivity contribution is 0.340. The van der Waals surface area contributed by atoms with Crippen LogP contribution >= 0.6 is 11.6 Å². The third-order valence-corrected chi connectivity index (χ3v) is 1.92. The smallest absolute Gasteiger partial charge is 0.138 e. The van der Waals surface area contributed by atoms with Gasteiger partial charge in [-0.05, 0) is 18.6 Å². The Bertz CT molecular complexity index is 281. The molecule has 0 heterocycles. The molecule has 64 valence electrons. The zero-order valence-corrected chi connectivity index (χ0v) is 7.77. The molecule has 0 saturated carbocycles. The molecule has 0 aliphatic carbocycles. The highest BCUT2D eigenvalue weighted by Gasteiger charge is 2.02. The van der Waals surface area contributed by atoms with Gasteiger partial charge < -0.3 is 4.74 Å². The van der Waals surface area contributed by atoms with Crippen LogP contribution in [0, 0.1) is 0 Å². The van der Waals surface area contributed by atoms with Crippen LogP contribution in [-0.4, -0.2) is 6.61 Å². The van der Waals surface area contributed by atoms with Crippen molar-refractivity contribution >= 4 is 17.7 Å². The van der Waals surface area contributed by atoms with Crippen LogP contribution in [0.1, 0.15) is 12.5 Å². The predicted molar refractivity (Wildman–Crippen MR) is 52.7 cm³/mol. The van der Waals surface area contributed by atoms with E-state index in [0.717, 1.165) is 11.3 Å². The monoisotopic (exact) mass is 182 g/mol. The average Bonchev–Trinajstić information content (AvgIpc) is 2.09. The molecule has 0 aliphatic heterocycles. The van der Waals surface area contributed by atoms with E-state index in [1.165, 1.54) is 0 Å². The summed E-state index contributed by atoms with van der Waals surface area (Å²) in [6.45, 7) is 6.21. The highest BCUT2D eigenvalue weighted by atomic mass is 35.5. The Labute approximate surface area is 77.6 Å². The molecule has 0 saturated heterocycles. The first-order valence-electron chi connectivity index (χ1n) is 3.83. The molecule has 0 radical (unpaired) electrons. The molecule has 1 rings (SSSR count). The first-order chi connectivity index (χ1) is 5.79. The molecule has 0 aromatic heterocycles. The lowest BCUT2D eigenvalue weighted by Crippen LogP contribution is -1.92. The summed E-state index contributed by atoms with van der Waals surface area (Å²) in [4.78, 5) is 0. The van der Waals surface area contributed by atoms with Crippen LogP contribution in [0.3, 0.4) is 0 Å². The minimum Gasteiger partial charge on any atom is -0.492 e. The third kappa shape index (κ3) is 1.80. The average molecular weight is 183 g/mol. The van der Waals surface area contributed by atoms with E-state index < -0.39 is 0 Å². The minimum absolute atomic E-state index is 0.625. The summed E-state index contributed by atoms with van der Waals surface area (Å²) < 4.78 is 5.30. The molecule has 0 bridgehead atoms. The second kappa shape index (κ2) is 4.17. The lowest BCUT2D eigenvalue weighted by Gasteiger charge is -2.06. The van der Waals surface area contributed by atoms with Crippen molar-refractivity contribution in [3.05, 3.63) is 35.4 Å². The molecule has 1 aromatic carbocycles. The predicted octanol–water partition coefficient (Wildman–Crippen LogP) is 3.38. The van der Waals surface area contributed by atoms with Crippen molar-refractivity contribution in [1.82, 2.24) is 0 Å². The maximum absolute atomic E-state index is 5.99. The second-order valence-corrected chi connectivity index (χ2v) is 2.67. The van der Waals surface area contributed by atoms with E-state index in [4.69, 9.17) is 16.3 Å². The molecule has 2 heteroatoms. The summed E-state index contributed by atoms with van der Waals surface area (Å²) in [5.41, 5.74) is 0.905. The molecular weight excluding hydrogens is 172 g/mol. The summed E-state index contributed by atoms with van der Waals surface area (Å²) >= 11 is 5.99. The molecule has 0 N–H and O–H groups in total. The van der Waals surface area contributed by atoms with Gasteiger partial charge in [-0.2, -0.15) is 0 Å². The van der Waals surface area contributed by atoms with Crippen LogP contribution in [0.25, 0.3) is 6.08 Å². The summed E-state index contributed by atoms with van der Waals surface area (Å²) in [5.74, 6) is 0.719. The van der Waals surface area contributed by atoms with Gasteiger partial charge in [0.25, 0.3) is 0 Å². The van der Waals surface area contributed by atoms with Gasteiger partial charge in [-0.3, -0.25) is 0 Å². The van der Waals surface area contributed by atoms with Crippen LogP contribution in [0.5, 0.6) is 5.75 Å². The van der Waals surface area contributed by atoms with Gasteiger partial charge in [0.15, 0.2) is 0 Å². The maximum atomic E-state index is 5.99. The van der Waals surface area contributed by atoms with Crippen LogP contribution in [0.15, 0.2) is 24.8 Å². The van der Waals surface area contributed by atoms with Crippen LogP contribution in [-0.2, 0) is 0 Å². The molecule has 0 unspecified atom stereocenters. The van der Waals surface area contributed by atoms with Crippen molar-refractivity contribution in [1.29, 1.82) is 0 Å². The van der Waals surface area contributed by atoms with Crippen LogP contribution in [0.4, 0.5) is 0 Å².